The van der Waals surface area contributed by atoms with Gasteiger partial charge in [-0.15, -0.1) is 11.3 Å². The average molecular weight is 346 g/mol. The van der Waals surface area contributed by atoms with Crippen LogP contribution in [0.4, 0.5) is 8.78 Å². The number of fused-ring (bicyclic) bond motifs is 1. The van der Waals surface area contributed by atoms with Gasteiger partial charge < -0.3 is 5.32 Å². The first-order valence-electron chi connectivity index (χ1n) is 7.61. The fraction of sp³-hybridized carbons (Fsp3) is 0.222. The molecule has 0 fully saturated rings. The number of thiazole rings is 1. The van der Waals surface area contributed by atoms with E-state index in [9.17, 15) is 13.6 Å². The molecule has 0 aliphatic rings. The zero-order valence-electron chi connectivity index (χ0n) is 13.1. The lowest BCUT2D eigenvalue weighted by molar-refractivity contribution is -0.121. The van der Waals surface area contributed by atoms with Gasteiger partial charge in [0.2, 0.25) is 5.91 Å². The van der Waals surface area contributed by atoms with Crippen LogP contribution in [0, 0.1) is 11.6 Å². The third-order valence-corrected chi connectivity index (χ3v) is 4.81. The third kappa shape index (κ3) is 3.76. The maximum Gasteiger partial charge on any atom is 0.220 e. The molecule has 3 nitrogen and oxygen atoms in total. The van der Waals surface area contributed by atoms with Gasteiger partial charge in [0, 0.05) is 24.5 Å². The molecule has 1 N–H and O–H groups in total. The van der Waals surface area contributed by atoms with Crippen molar-refractivity contribution in [1.29, 1.82) is 0 Å². The summed E-state index contributed by atoms with van der Waals surface area (Å²) in [7, 11) is 0. The molecule has 0 saturated carbocycles. The number of hydrogen-bond donors (Lipinski definition) is 1. The summed E-state index contributed by atoms with van der Waals surface area (Å²) in [4.78, 5) is 16.5. The van der Waals surface area contributed by atoms with Gasteiger partial charge in [-0.05, 0) is 25.1 Å². The first kappa shape index (κ1) is 16.5. The van der Waals surface area contributed by atoms with Crippen molar-refractivity contribution >= 4 is 27.5 Å². The van der Waals surface area contributed by atoms with Crippen molar-refractivity contribution in [1.82, 2.24) is 10.3 Å². The number of nitrogens with one attached hydrogen (secondary N) is 1. The molecule has 0 aliphatic heterocycles. The van der Waals surface area contributed by atoms with Crippen molar-refractivity contribution in [3.8, 4) is 0 Å². The number of aromatic nitrogens is 1. The summed E-state index contributed by atoms with van der Waals surface area (Å²) >= 11 is 1.57. The molecule has 3 rings (SSSR count). The van der Waals surface area contributed by atoms with E-state index in [4.69, 9.17) is 0 Å². The lowest BCUT2D eigenvalue weighted by Crippen LogP contribution is -2.27. The number of amides is 1. The van der Waals surface area contributed by atoms with Gasteiger partial charge in [0.15, 0.2) is 0 Å². The zero-order valence-corrected chi connectivity index (χ0v) is 13.9. The SMILES string of the molecule is C[C@@H](NC(=O)CCc1nc2ccccc2s1)c1ccc(F)cc1F. The highest BCUT2D eigenvalue weighted by molar-refractivity contribution is 7.18. The Labute approximate surface area is 142 Å². The molecule has 1 atom stereocenters. The minimum Gasteiger partial charge on any atom is -0.349 e. The molecule has 24 heavy (non-hydrogen) atoms. The summed E-state index contributed by atoms with van der Waals surface area (Å²) in [6.45, 7) is 1.67. The Morgan fingerprint density at radius 1 is 1.25 bits per heavy atom. The van der Waals surface area contributed by atoms with Crippen molar-refractivity contribution in [2.75, 3.05) is 0 Å². The summed E-state index contributed by atoms with van der Waals surface area (Å²) in [5.41, 5.74) is 1.20. The van der Waals surface area contributed by atoms with Gasteiger partial charge >= 0.3 is 0 Å². The number of aryl methyl sites for hydroxylation is 1. The Balaban J connectivity index is 1.58. The van der Waals surface area contributed by atoms with Crippen LogP contribution in [0.2, 0.25) is 0 Å². The maximum atomic E-state index is 13.7. The number of hydrogen-bond acceptors (Lipinski definition) is 3. The van der Waals surface area contributed by atoms with Crippen molar-refractivity contribution in [2.24, 2.45) is 0 Å². The summed E-state index contributed by atoms with van der Waals surface area (Å²) in [5, 5.41) is 3.63. The predicted molar refractivity (Wildman–Crippen MR) is 90.9 cm³/mol. The van der Waals surface area contributed by atoms with Gasteiger partial charge in [-0.2, -0.15) is 0 Å². The molecule has 124 valence electrons. The van der Waals surface area contributed by atoms with Gasteiger partial charge in [0.25, 0.3) is 0 Å². The number of rotatable bonds is 5. The second kappa shape index (κ2) is 7.05. The Morgan fingerprint density at radius 2 is 2.04 bits per heavy atom. The van der Waals surface area contributed by atoms with Gasteiger partial charge in [0.05, 0.1) is 21.3 Å². The van der Waals surface area contributed by atoms with Crippen LogP contribution in [-0.2, 0) is 11.2 Å². The second-order valence-electron chi connectivity index (χ2n) is 5.53. The fourth-order valence-electron chi connectivity index (χ4n) is 2.49. The molecule has 0 spiro atoms. The standard InChI is InChI=1S/C18H16F2N2OS/c1-11(13-7-6-12(19)10-14(13)20)21-17(23)8-9-18-22-15-4-2-3-5-16(15)24-18/h2-7,10-11H,8-9H2,1H3,(H,21,23)/t11-/m1/s1. The third-order valence-electron chi connectivity index (χ3n) is 3.71. The number of carbonyl (C=O) groups is 1. The molecule has 1 heterocycles. The summed E-state index contributed by atoms with van der Waals surface area (Å²) in [5.74, 6) is -1.48. The van der Waals surface area contributed by atoms with E-state index in [-0.39, 0.29) is 17.9 Å². The van der Waals surface area contributed by atoms with Crippen LogP contribution in [0.1, 0.15) is 30.0 Å². The largest absolute Gasteiger partial charge is 0.349 e. The van der Waals surface area contributed by atoms with E-state index in [1.54, 1.807) is 18.3 Å². The predicted octanol–water partition coefficient (Wildman–Crippen LogP) is 4.38. The number of halogens is 2. The Hall–Kier alpha value is -2.34. The Kier molecular flexibility index (Phi) is 4.85. The summed E-state index contributed by atoms with van der Waals surface area (Å²) < 4.78 is 27.7. The lowest BCUT2D eigenvalue weighted by Gasteiger charge is -2.15. The highest BCUT2D eigenvalue weighted by atomic mass is 32.1. The van der Waals surface area contributed by atoms with Gasteiger partial charge in [-0.3, -0.25) is 4.79 Å². The second-order valence-corrected chi connectivity index (χ2v) is 6.65. The maximum absolute atomic E-state index is 13.7. The van der Waals surface area contributed by atoms with Crippen LogP contribution in [-0.4, -0.2) is 10.9 Å². The summed E-state index contributed by atoms with van der Waals surface area (Å²) in [6.07, 6.45) is 0.802. The normalized spacial score (nSPS) is 12.3. The monoisotopic (exact) mass is 346 g/mol. The van der Waals surface area contributed by atoms with Crippen LogP contribution in [0.5, 0.6) is 0 Å². The quantitative estimate of drug-likeness (QED) is 0.745. The first-order valence-corrected chi connectivity index (χ1v) is 8.43. The number of nitrogens with zero attached hydrogens (tertiary/aromatic N) is 1. The molecule has 0 unspecified atom stereocenters. The molecule has 0 aliphatic carbocycles. The number of carbonyl (C=O) groups excluding carboxylic acids is 1. The van der Waals surface area contributed by atoms with Crippen LogP contribution < -0.4 is 5.32 Å². The lowest BCUT2D eigenvalue weighted by atomic mass is 10.1. The highest BCUT2D eigenvalue weighted by Crippen LogP contribution is 2.23. The van der Waals surface area contributed by atoms with Crippen LogP contribution >= 0.6 is 11.3 Å². The molecular weight excluding hydrogens is 330 g/mol. The molecule has 0 saturated heterocycles. The average Bonchev–Trinajstić information content (AvgIpc) is 2.95. The molecular formula is C18H16F2N2OS. The van der Waals surface area contributed by atoms with E-state index >= 15 is 0 Å². The minimum atomic E-state index is -0.658. The highest BCUT2D eigenvalue weighted by Gasteiger charge is 2.15. The van der Waals surface area contributed by atoms with Crippen molar-refractivity contribution in [3.05, 3.63) is 64.7 Å². The van der Waals surface area contributed by atoms with E-state index < -0.39 is 17.7 Å². The van der Waals surface area contributed by atoms with Crippen molar-refractivity contribution < 1.29 is 13.6 Å². The molecule has 0 bridgehead atoms. The van der Waals surface area contributed by atoms with Crippen LogP contribution in [0.25, 0.3) is 10.2 Å². The van der Waals surface area contributed by atoms with Gasteiger partial charge in [-0.1, -0.05) is 18.2 Å². The van der Waals surface area contributed by atoms with Crippen molar-refractivity contribution in [3.63, 3.8) is 0 Å². The molecule has 6 heteroatoms. The topological polar surface area (TPSA) is 42.0 Å². The van der Waals surface area contributed by atoms with Crippen LogP contribution in [0.3, 0.4) is 0 Å². The number of para-hydroxylation sites is 1. The Bertz CT molecular complexity index is 845. The molecule has 0 radical (unpaired) electrons. The van der Waals surface area contributed by atoms with Crippen LogP contribution in [0.15, 0.2) is 42.5 Å². The van der Waals surface area contributed by atoms with E-state index in [0.717, 1.165) is 21.3 Å². The van der Waals surface area contributed by atoms with E-state index in [2.05, 4.69) is 10.3 Å². The zero-order chi connectivity index (χ0) is 17.1. The molecule has 1 aromatic heterocycles. The van der Waals surface area contributed by atoms with Gasteiger partial charge in [-0.25, -0.2) is 13.8 Å². The van der Waals surface area contributed by atoms with E-state index in [1.165, 1.54) is 12.1 Å². The summed E-state index contributed by atoms with van der Waals surface area (Å²) in [6, 6.07) is 10.6. The molecule has 2 aromatic carbocycles. The van der Waals surface area contributed by atoms with E-state index in [0.29, 0.717) is 6.42 Å². The first-order chi connectivity index (χ1) is 11.5. The molecule has 3 aromatic rings. The smallest absolute Gasteiger partial charge is 0.220 e. The number of benzene rings is 2. The fourth-order valence-corrected chi connectivity index (χ4v) is 3.46. The van der Waals surface area contributed by atoms with Gasteiger partial charge in [0.1, 0.15) is 11.6 Å². The Morgan fingerprint density at radius 3 is 2.79 bits per heavy atom. The molecule has 1 amide bonds. The van der Waals surface area contributed by atoms with E-state index in [1.807, 2.05) is 24.3 Å². The minimum absolute atomic E-state index is 0.189. The van der Waals surface area contributed by atoms with Crippen molar-refractivity contribution in [2.45, 2.75) is 25.8 Å².